The fraction of sp³-hybridized carbons (Fsp3) is 0.353. The summed E-state index contributed by atoms with van der Waals surface area (Å²) in [5, 5.41) is 17.7. The van der Waals surface area contributed by atoms with Gasteiger partial charge in [0.15, 0.2) is 0 Å². The third-order valence-corrected chi connectivity index (χ3v) is 4.63. The van der Waals surface area contributed by atoms with Gasteiger partial charge in [-0.2, -0.15) is 27.8 Å². The van der Waals surface area contributed by atoms with Crippen LogP contribution >= 0.6 is 11.8 Å². The Bertz CT molecular complexity index is 953. The number of halogens is 4. The molecule has 2 N–H and O–H groups in total. The van der Waals surface area contributed by atoms with Crippen molar-refractivity contribution >= 4 is 23.4 Å². The van der Waals surface area contributed by atoms with Gasteiger partial charge in [-0.15, -0.1) is 0 Å². The van der Waals surface area contributed by atoms with Gasteiger partial charge in [0.2, 0.25) is 0 Å². The van der Waals surface area contributed by atoms with Crippen LogP contribution in [0.1, 0.15) is 31.1 Å². The molecule has 0 amide bonds. The highest BCUT2D eigenvalue weighted by Crippen LogP contribution is 2.38. The van der Waals surface area contributed by atoms with E-state index >= 15 is 0 Å². The molecule has 0 aliphatic heterocycles. The molecule has 0 saturated carbocycles. The summed E-state index contributed by atoms with van der Waals surface area (Å²) in [6.07, 6.45) is 1.26. The van der Waals surface area contributed by atoms with Crippen molar-refractivity contribution in [3.8, 4) is 0 Å². The van der Waals surface area contributed by atoms with Crippen LogP contribution in [0, 0.1) is 0 Å². The summed E-state index contributed by atoms with van der Waals surface area (Å²) in [7, 11) is 0. The molecule has 3 rings (SSSR count). The van der Waals surface area contributed by atoms with Crippen molar-refractivity contribution in [2.45, 2.75) is 42.6 Å². The Hall–Kier alpha value is -2.40. The number of hydrogen-bond donors (Lipinski definition) is 2. The summed E-state index contributed by atoms with van der Waals surface area (Å²) in [5.41, 5.74) is -5.00. The van der Waals surface area contributed by atoms with Crippen LogP contribution in [-0.4, -0.2) is 35.8 Å². The molecule has 1 unspecified atom stereocenters. The third kappa shape index (κ3) is 4.71. The zero-order valence-corrected chi connectivity index (χ0v) is 15.7. The number of nitrogens with one attached hydrogen (secondary N) is 1. The van der Waals surface area contributed by atoms with Gasteiger partial charge in [0.25, 0.3) is 5.78 Å². The minimum absolute atomic E-state index is 0.0352. The molecule has 28 heavy (non-hydrogen) atoms. The molecule has 0 spiro atoms. The summed E-state index contributed by atoms with van der Waals surface area (Å²) < 4.78 is 52.0. The molecular weight excluding hydrogens is 398 g/mol. The lowest BCUT2D eigenvalue weighted by Crippen LogP contribution is -2.35. The van der Waals surface area contributed by atoms with Gasteiger partial charge >= 0.3 is 5.51 Å². The Morgan fingerprint density at radius 3 is 2.46 bits per heavy atom. The smallest absolute Gasteiger partial charge is 0.388 e. The van der Waals surface area contributed by atoms with Crippen LogP contribution in [0.4, 0.5) is 23.4 Å². The number of aromatic nitrogens is 4. The van der Waals surface area contributed by atoms with E-state index in [9.17, 15) is 22.7 Å². The van der Waals surface area contributed by atoms with Gasteiger partial charge in [-0.25, -0.2) is 9.37 Å². The molecule has 3 aromatic rings. The second-order valence-electron chi connectivity index (χ2n) is 6.59. The number of rotatable bonds is 6. The minimum atomic E-state index is -4.38. The van der Waals surface area contributed by atoms with E-state index in [1.807, 2.05) is 0 Å². The topological polar surface area (TPSA) is 75.3 Å². The Balaban J connectivity index is 1.95. The van der Waals surface area contributed by atoms with Gasteiger partial charge in [0, 0.05) is 11.0 Å². The molecule has 0 aliphatic carbocycles. The Morgan fingerprint density at radius 2 is 1.89 bits per heavy atom. The monoisotopic (exact) mass is 415 g/mol. The van der Waals surface area contributed by atoms with E-state index in [0.29, 0.717) is 11.4 Å². The lowest BCUT2D eigenvalue weighted by atomic mass is 9.92. The highest BCUT2D eigenvalue weighted by atomic mass is 32.2. The maximum Gasteiger partial charge on any atom is 0.446 e. The first-order valence-corrected chi connectivity index (χ1v) is 8.99. The number of fused-ring (bicyclic) bond motifs is 1. The van der Waals surface area contributed by atoms with Gasteiger partial charge in [0.1, 0.15) is 18.8 Å². The van der Waals surface area contributed by atoms with Crippen LogP contribution in [0.5, 0.6) is 0 Å². The molecule has 1 aromatic carbocycles. The predicted octanol–water partition coefficient (Wildman–Crippen LogP) is 4.13. The predicted molar refractivity (Wildman–Crippen MR) is 96.6 cm³/mol. The summed E-state index contributed by atoms with van der Waals surface area (Å²) in [4.78, 5) is 7.98. The molecule has 2 aromatic heterocycles. The molecule has 150 valence electrons. The van der Waals surface area contributed by atoms with Gasteiger partial charge in [-0.05, 0) is 43.3 Å². The van der Waals surface area contributed by atoms with Crippen molar-refractivity contribution in [3.63, 3.8) is 0 Å². The van der Waals surface area contributed by atoms with Crippen molar-refractivity contribution in [2.75, 3.05) is 5.32 Å². The number of aliphatic hydroxyl groups is 1. The van der Waals surface area contributed by atoms with Crippen molar-refractivity contribution in [1.29, 1.82) is 0 Å². The third-order valence-electron chi connectivity index (χ3n) is 3.89. The van der Waals surface area contributed by atoms with E-state index in [0.717, 1.165) is 0 Å². The van der Waals surface area contributed by atoms with Crippen LogP contribution in [0.15, 0.2) is 41.6 Å². The van der Waals surface area contributed by atoms with E-state index in [4.69, 9.17) is 0 Å². The Morgan fingerprint density at radius 1 is 1.21 bits per heavy atom. The molecule has 0 bridgehead atoms. The lowest BCUT2D eigenvalue weighted by molar-refractivity contribution is -0.0328. The second-order valence-corrected chi connectivity index (χ2v) is 7.72. The average molecular weight is 415 g/mol. The van der Waals surface area contributed by atoms with Crippen LogP contribution < -0.4 is 5.32 Å². The quantitative estimate of drug-likeness (QED) is 0.466. The zero-order chi connectivity index (χ0) is 20.5. The fourth-order valence-electron chi connectivity index (χ4n) is 2.71. The van der Waals surface area contributed by atoms with E-state index in [1.165, 1.54) is 41.2 Å². The van der Waals surface area contributed by atoms with Crippen molar-refractivity contribution in [2.24, 2.45) is 0 Å². The summed E-state index contributed by atoms with van der Waals surface area (Å²) in [6.45, 7) is 2.30. The van der Waals surface area contributed by atoms with Gasteiger partial charge in [-0.3, -0.25) is 0 Å². The van der Waals surface area contributed by atoms with Gasteiger partial charge < -0.3 is 10.4 Å². The normalized spacial score (nSPS) is 13.7. The molecule has 11 heteroatoms. The van der Waals surface area contributed by atoms with E-state index in [1.54, 1.807) is 13.8 Å². The number of nitrogens with zero attached hydrogens (tertiary/aromatic N) is 4. The first kappa shape index (κ1) is 20.3. The van der Waals surface area contributed by atoms with Crippen molar-refractivity contribution in [1.82, 2.24) is 19.6 Å². The fourth-order valence-corrected chi connectivity index (χ4v) is 3.25. The molecule has 0 radical (unpaired) electrons. The highest BCUT2D eigenvalue weighted by Gasteiger charge is 2.31. The summed E-state index contributed by atoms with van der Waals surface area (Å²) >= 11 is -0.215. The molecular formula is C17H17F4N5OS. The van der Waals surface area contributed by atoms with E-state index < -0.39 is 23.8 Å². The van der Waals surface area contributed by atoms with Gasteiger partial charge in [-0.1, -0.05) is 12.1 Å². The first-order valence-electron chi connectivity index (χ1n) is 8.17. The second kappa shape index (κ2) is 7.55. The molecule has 6 nitrogen and oxygen atoms in total. The maximum atomic E-state index is 13.1. The average Bonchev–Trinajstić information content (AvgIpc) is 3.06. The van der Waals surface area contributed by atoms with E-state index in [2.05, 4.69) is 20.4 Å². The van der Waals surface area contributed by atoms with Crippen LogP contribution in [-0.2, 0) is 6.67 Å². The van der Waals surface area contributed by atoms with Crippen LogP contribution in [0.2, 0.25) is 0 Å². The lowest BCUT2D eigenvalue weighted by Gasteiger charge is -2.31. The van der Waals surface area contributed by atoms with E-state index in [-0.39, 0.29) is 28.1 Å². The largest absolute Gasteiger partial charge is 0.446 e. The number of hydrogen-bond acceptors (Lipinski definition) is 6. The molecule has 0 saturated heterocycles. The first-order chi connectivity index (χ1) is 13.1. The summed E-state index contributed by atoms with van der Waals surface area (Å²) in [6, 6.07) is 6.38. The number of anilines is 1. The van der Waals surface area contributed by atoms with Crippen LogP contribution in [0.25, 0.3) is 5.78 Å². The molecule has 0 fully saturated rings. The minimum Gasteiger partial charge on any atom is -0.388 e. The Labute approximate surface area is 162 Å². The van der Waals surface area contributed by atoms with Crippen LogP contribution in [0.3, 0.4) is 0 Å². The molecule has 1 atom stereocenters. The number of alkyl halides is 4. The highest BCUT2D eigenvalue weighted by molar-refractivity contribution is 8.00. The Kier molecular flexibility index (Phi) is 5.48. The SMILES string of the molecule is CC(C)(O)C(Nc1cc(CF)nc2ncnn12)c1ccc(SC(F)(F)F)cc1. The number of benzene rings is 1. The number of thioether (sulfide) groups is 1. The maximum absolute atomic E-state index is 13.1. The molecule has 0 aliphatic rings. The summed E-state index contributed by atoms with van der Waals surface area (Å²) in [5.74, 6) is 0.528. The standard InChI is InChI=1S/C17H17F4N5OS/c1-16(2,27)14(10-3-5-12(6-4-10)28-17(19,20)21)25-13-7-11(8-18)24-15-22-9-23-26(13)15/h3-7,9,14,25,27H,8H2,1-2H3. The molecule has 2 heterocycles. The van der Waals surface area contributed by atoms with Crippen molar-refractivity contribution < 1.29 is 22.7 Å². The van der Waals surface area contributed by atoms with Crippen molar-refractivity contribution in [3.05, 3.63) is 47.9 Å². The van der Waals surface area contributed by atoms with Gasteiger partial charge in [0.05, 0.1) is 17.3 Å². The zero-order valence-electron chi connectivity index (χ0n) is 14.9.